The van der Waals surface area contributed by atoms with Gasteiger partial charge in [-0.05, 0) is 170 Å². The van der Waals surface area contributed by atoms with Crippen LogP contribution in [0.4, 0.5) is 16.2 Å². The van der Waals surface area contributed by atoms with Gasteiger partial charge in [0.2, 0.25) is 5.91 Å². The molecule has 0 aliphatic heterocycles. The Hall–Kier alpha value is -4.10. The van der Waals surface area contributed by atoms with Gasteiger partial charge in [0, 0.05) is 263 Å². The molecule has 0 aliphatic carbocycles. The third-order valence-corrected chi connectivity index (χ3v) is 9.48. The average Bonchev–Trinajstić information content (AvgIpc) is 0.930. The van der Waals surface area contributed by atoms with Crippen molar-refractivity contribution in [2.24, 2.45) is 0 Å². The number of para-hydroxylation sites is 4. The van der Waals surface area contributed by atoms with Crippen LogP contribution in [0.1, 0.15) is 156 Å². The van der Waals surface area contributed by atoms with Gasteiger partial charge in [0.05, 0.1) is 13.2 Å². The summed E-state index contributed by atoms with van der Waals surface area (Å²) < 4.78 is 19.3. The first-order valence-electron chi connectivity index (χ1n) is 35.4. The molecule has 0 saturated heterocycles. The average molecular weight is 2190 g/mol. The van der Waals surface area contributed by atoms with E-state index in [1.807, 2.05) is 268 Å². The van der Waals surface area contributed by atoms with Crippen LogP contribution in [0.2, 0.25) is 0 Å². The Kier molecular flexibility index (Phi) is 189. The van der Waals surface area contributed by atoms with E-state index in [-0.39, 0.29) is 302 Å². The molecule has 0 fully saturated rings. The maximum absolute atomic E-state index is 11.1. The van der Waals surface area contributed by atoms with Gasteiger partial charge < -0.3 is 78.5 Å². The number of carbonyl (C=O) groups is 6. The number of nitrogens with one attached hydrogen (secondary N) is 3. The molecule has 657 valence electrons. The summed E-state index contributed by atoms with van der Waals surface area (Å²) >= 11 is 0. The molecule has 121 heavy (non-hydrogen) atoms. The van der Waals surface area contributed by atoms with E-state index in [2.05, 4.69) is 120 Å². The minimum Gasteiger partial charge on any atom is -0.460 e. The van der Waals surface area contributed by atoms with Gasteiger partial charge in [-0.2, -0.15) is 6.92 Å². The first-order valence-corrected chi connectivity index (χ1v) is 35.4. The number of carbonyl (C=O) groups excluding carboxylic acids is 6. The van der Waals surface area contributed by atoms with Crippen LogP contribution < -0.4 is 25.4 Å². The van der Waals surface area contributed by atoms with E-state index in [9.17, 15) is 28.8 Å². The predicted octanol–water partition coefficient (Wildman–Crippen LogP) is 28.6. The first kappa shape index (κ1) is 171. The van der Waals surface area contributed by atoms with Crippen LogP contribution in [0.25, 0.3) is 12.2 Å². The summed E-state index contributed by atoms with van der Waals surface area (Å²) in [7, 11) is 0. The quantitative estimate of drug-likeness (QED) is 0.0199. The second kappa shape index (κ2) is 134. The molecule has 0 spiro atoms. The zero-order valence-corrected chi connectivity index (χ0v) is 98.8. The van der Waals surface area contributed by atoms with Crippen molar-refractivity contribution >= 4 is 59.3 Å². The second-order valence-corrected chi connectivity index (χ2v) is 22.7. The van der Waals surface area contributed by atoms with Gasteiger partial charge in [-0.25, -0.2) is 37.8 Å². The number of ether oxygens (including phenoxy) is 4. The number of hydrogen-bond donors (Lipinski definition) is 3. The molecule has 0 aliphatic rings. The van der Waals surface area contributed by atoms with Gasteiger partial charge in [0.15, 0.2) is 0 Å². The Morgan fingerprint density at radius 2 is 0.628 bits per heavy atom. The van der Waals surface area contributed by atoms with Crippen LogP contribution in [0.3, 0.4) is 0 Å². The van der Waals surface area contributed by atoms with Gasteiger partial charge in [-0.3, -0.25) is 9.59 Å². The minimum atomic E-state index is -0.537. The van der Waals surface area contributed by atoms with Crippen molar-refractivity contribution in [2.45, 2.75) is 145 Å². The van der Waals surface area contributed by atoms with Crippen LogP contribution in [-0.4, -0.2) is 55.6 Å². The monoisotopic (exact) mass is 2190 g/mol. The van der Waals surface area contributed by atoms with Crippen molar-refractivity contribution in [3.8, 4) is 11.5 Å². The van der Waals surface area contributed by atoms with Crippen molar-refractivity contribution in [3.05, 3.63) is 403 Å². The number of anilines is 2. The van der Waals surface area contributed by atoms with Crippen molar-refractivity contribution in [2.75, 3.05) is 30.4 Å². The van der Waals surface area contributed by atoms with E-state index in [1.54, 1.807) is 89.2 Å². The SMILES string of the molecule is C=C(C)C.C=C(C)C.C=C(C)C.C=C(C)C.C=C(C)C(=O)Nc1ccccc1.C=C(C)C(=O)OCCNC(=O)OCC[CH2-].C=C(C)C(=O)Oc1ccccc1.C=C(C)C(=O)Oc1ccccc1.C=C(C)[CH-]C.C=CC.C=CC(=O)Nc1ccccc1.C=Cc1ccccc1.C=Cc1ccccc1.CC.CC=CC.[CH2-]C.[CH3-].[CH3-].[CH3-].[CH3-].[Y].[Y].[Y].[Y].[Y].[Y].[Y]. The molecule has 0 unspecified atom stereocenters. The Balaban J connectivity index is -0.0000000474. The predicted molar refractivity (Wildman–Crippen MR) is 508 cm³/mol. The van der Waals surface area contributed by atoms with Gasteiger partial charge in [-0.1, -0.05) is 253 Å². The fourth-order valence-electron chi connectivity index (χ4n) is 4.65. The van der Waals surface area contributed by atoms with E-state index in [1.165, 1.54) is 39.5 Å². The summed E-state index contributed by atoms with van der Waals surface area (Å²) in [5.41, 5.74) is 11.4. The molecule has 6 rings (SSSR count). The van der Waals surface area contributed by atoms with E-state index in [4.69, 9.17) is 14.2 Å². The van der Waals surface area contributed by atoms with Gasteiger partial charge in [-0.15, -0.1) is 46.2 Å². The summed E-state index contributed by atoms with van der Waals surface area (Å²) in [6.45, 7) is 90.9. The smallest absolute Gasteiger partial charge is 0.407 e. The molecule has 20 heteroatoms. The summed E-state index contributed by atoms with van der Waals surface area (Å²) in [5, 5.41) is 7.75. The standard InChI is InChI=1S/C10H16NO4.C10H11NO.2C10H10O2.C9H9NO.2C8H8.C5H9.5C4H8.C3H6.C2H6.C2H5.4CH3.7Y/c1-4-6-15-10(13)11-5-7-14-9(12)8(2)3;1-8(2)10(12)11-9-6-4-3-5-7-9;2*1-8(2)10(11)12-9-6-4-3-5-7-9;1-2-9(11)10-8-6-4-3-5-7-8;2*1-2-8-6-4-3-5-7-8;1-4-5(2)3;4*1-4(2)3;1-3-4-2;1-3-2;2*1-2;;;;;;;;;;;/h1-2,4-7H2,3H3,(H,11,13);3-7H,1H2,2H3,(H,11,12);2*3-7H,1H2,2H3;2-7H,1H2,(H,10,11);2*2-7H,1H2;4H,2H2,1,3H3;4*1H2,2-3H3;3-4H,1-2H3;3H,1H2,2H3;1-2H3;1H2,2H3;4*1H3;;;;;;;/q-1;;;;;;;-1;;;;;;;;5*-1;;;;;;;. The number of amides is 3. The first-order chi connectivity index (χ1) is 51.9. The maximum atomic E-state index is 11.1. The molecule has 0 atom stereocenters. The molecule has 0 saturated carbocycles. The van der Waals surface area contributed by atoms with Crippen molar-refractivity contribution in [3.63, 3.8) is 0 Å². The van der Waals surface area contributed by atoms with E-state index >= 15 is 0 Å². The van der Waals surface area contributed by atoms with Crippen LogP contribution >= 0.6 is 0 Å². The van der Waals surface area contributed by atoms with Gasteiger partial charge in [0.25, 0.3) is 5.91 Å². The van der Waals surface area contributed by atoms with Crippen molar-refractivity contribution in [1.82, 2.24) is 5.32 Å². The van der Waals surface area contributed by atoms with Crippen LogP contribution in [-0.2, 0) is 262 Å². The number of allylic oxidation sites excluding steroid dienone is 8. The zero-order chi connectivity index (χ0) is 87.1. The summed E-state index contributed by atoms with van der Waals surface area (Å²) in [4.78, 5) is 65.6. The summed E-state index contributed by atoms with van der Waals surface area (Å²) in [6.07, 6.45) is 12.6. The Morgan fingerprint density at radius 3 is 0.826 bits per heavy atom. The largest absolute Gasteiger partial charge is 0.460 e. The third kappa shape index (κ3) is 163. The minimum absolute atomic E-state index is 0. The van der Waals surface area contributed by atoms with Crippen LogP contribution in [0.5, 0.6) is 11.5 Å². The number of esters is 3. The molecule has 3 N–H and O–H groups in total. The topological polar surface area (TPSA) is 175 Å². The molecule has 0 aromatic heterocycles. The van der Waals surface area contributed by atoms with Crippen molar-refractivity contribution in [1.29, 1.82) is 0 Å². The molecular formula is C101H150N3O10Y7-7. The Labute approximate surface area is 918 Å². The summed E-state index contributed by atoms with van der Waals surface area (Å²) in [5.74, 6) is -0.473. The third-order valence-electron chi connectivity index (χ3n) is 9.48. The Bertz CT molecular complexity index is 3240. The molecule has 0 bridgehead atoms. The molecule has 3 amide bonds. The number of hydrogen-bond acceptors (Lipinski definition) is 10. The van der Waals surface area contributed by atoms with E-state index in [0.717, 1.165) is 16.9 Å². The van der Waals surface area contributed by atoms with E-state index < -0.39 is 12.1 Å². The van der Waals surface area contributed by atoms with Gasteiger partial charge in [0.1, 0.15) is 18.1 Å². The van der Waals surface area contributed by atoms with E-state index in [0.29, 0.717) is 40.2 Å². The second-order valence-electron chi connectivity index (χ2n) is 22.7. The molecule has 6 aromatic carbocycles. The zero-order valence-electron chi connectivity index (χ0n) is 78.9. The fourth-order valence-corrected chi connectivity index (χ4v) is 4.65. The number of alkyl carbamates (subject to hydrolysis) is 1. The Morgan fingerprint density at radius 1 is 0.388 bits per heavy atom. The maximum Gasteiger partial charge on any atom is 0.407 e. The number of benzene rings is 6. The molecule has 6 aromatic rings. The van der Waals surface area contributed by atoms with Crippen LogP contribution in [0.15, 0.2) is 342 Å². The normalized spacial score (nSPS) is 7.42. The fraction of sp³-hybridized carbons (Fsp3) is 0.238. The van der Waals surface area contributed by atoms with Crippen molar-refractivity contribution < 1.29 is 277 Å². The van der Waals surface area contributed by atoms with Crippen LogP contribution in [0, 0.1) is 50.0 Å². The summed E-state index contributed by atoms with van der Waals surface area (Å²) in [6, 6.07) is 56.5. The molecule has 7 radical (unpaired) electrons. The molecular weight excluding hydrogens is 2040 g/mol. The molecule has 0 heterocycles. The van der Waals surface area contributed by atoms with Gasteiger partial charge >= 0.3 is 24.0 Å². The molecule has 13 nitrogen and oxygen atoms in total. The number of rotatable bonds is 17.